The predicted octanol–water partition coefficient (Wildman–Crippen LogP) is 2.35. The van der Waals surface area contributed by atoms with Gasteiger partial charge in [0, 0.05) is 17.2 Å². The van der Waals surface area contributed by atoms with Crippen LogP contribution in [0.2, 0.25) is 0 Å². The van der Waals surface area contributed by atoms with Crippen LogP contribution in [0.4, 0.5) is 0 Å². The van der Waals surface area contributed by atoms with Gasteiger partial charge in [0.15, 0.2) is 0 Å². The first-order valence-corrected chi connectivity index (χ1v) is 5.27. The van der Waals surface area contributed by atoms with Gasteiger partial charge < -0.3 is 5.11 Å². The summed E-state index contributed by atoms with van der Waals surface area (Å²) in [6.45, 7) is 3.29. The molecule has 4 heteroatoms. The lowest BCUT2D eigenvalue weighted by atomic mass is 10.1. The van der Waals surface area contributed by atoms with Crippen molar-refractivity contribution in [1.29, 1.82) is 5.26 Å². The second-order valence-electron chi connectivity index (χ2n) is 3.47. The summed E-state index contributed by atoms with van der Waals surface area (Å²) in [6, 6.07) is 7.44. The molecule has 0 aliphatic carbocycles. The molecule has 0 unspecified atom stereocenters. The minimum atomic E-state index is -1.02. The van der Waals surface area contributed by atoms with Gasteiger partial charge in [-0.1, -0.05) is 17.8 Å². The Hall–Kier alpha value is -1.31. The summed E-state index contributed by atoms with van der Waals surface area (Å²) in [4.78, 5) is 4.70. The smallest absolute Gasteiger partial charge is 0.101 e. The van der Waals surface area contributed by atoms with Crippen molar-refractivity contribution in [3.63, 3.8) is 0 Å². The van der Waals surface area contributed by atoms with Crippen LogP contribution < -0.4 is 0 Å². The molecule has 0 aromatic carbocycles. The van der Waals surface area contributed by atoms with Gasteiger partial charge >= 0.3 is 0 Å². The van der Waals surface area contributed by atoms with Gasteiger partial charge in [-0.3, -0.25) is 0 Å². The van der Waals surface area contributed by atoms with Crippen molar-refractivity contribution in [2.24, 2.45) is 0 Å². The monoisotopic (exact) mass is 220 g/mol. The fraction of sp³-hybridized carbons (Fsp3) is 0.273. The van der Waals surface area contributed by atoms with E-state index in [1.807, 2.05) is 24.3 Å². The van der Waals surface area contributed by atoms with Crippen LogP contribution in [0, 0.1) is 11.3 Å². The third kappa shape index (κ3) is 3.74. The van der Waals surface area contributed by atoms with E-state index in [1.165, 1.54) is 17.8 Å². The van der Waals surface area contributed by atoms with Crippen LogP contribution in [0.1, 0.15) is 13.8 Å². The van der Waals surface area contributed by atoms with Crippen LogP contribution in [-0.2, 0) is 0 Å². The van der Waals surface area contributed by atoms with Crippen molar-refractivity contribution in [2.45, 2.75) is 24.5 Å². The van der Waals surface area contributed by atoms with Crippen molar-refractivity contribution in [3.8, 4) is 6.07 Å². The highest BCUT2D eigenvalue weighted by molar-refractivity contribution is 8.03. The van der Waals surface area contributed by atoms with Crippen LogP contribution >= 0.6 is 11.8 Å². The maximum atomic E-state index is 9.80. The van der Waals surface area contributed by atoms with E-state index in [9.17, 15) is 5.11 Å². The Labute approximate surface area is 93.5 Å². The zero-order valence-corrected chi connectivity index (χ0v) is 9.45. The molecule has 1 heterocycles. The van der Waals surface area contributed by atoms with Crippen molar-refractivity contribution >= 4 is 11.8 Å². The van der Waals surface area contributed by atoms with Gasteiger partial charge in [-0.2, -0.15) is 5.26 Å². The SMILES string of the molecule is CC(C)(O)/C(=C/C#N)Sc1ccccn1. The number of aromatic nitrogens is 1. The van der Waals surface area contributed by atoms with Crippen LogP contribution in [0.3, 0.4) is 0 Å². The van der Waals surface area contributed by atoms with Crippen molar-refractivity contribution < 1.29 is 5.11 Å². The normalized spacial score (nSPS) is 12.3. The molecule has 0 bridgehead atoms. The lowest BCUT2D eigenvalue weighted by molar-refractivity contribution is 0.129. The van der Waals surface area contributed by atoms with Crippen LogP contribution in [0.15, 0.2) is 40.4 Å². The molecule has 3 nitrogen and oxygen atoms in total. The maximum Gasteiger partial charge on any atom is 0.101 e. The first-order valence-electron chi connectivity index (χ1n) is 4.45. The lowest BCUT2D eigenvalue weighted by Gasteiger charge is -2.19. The summed E-state index contributed by atoms with van der Waals surface area (Å²) in [6.07, 6.45) is 3.02. The van der Waals surface area contributed by atoms with Crippen molar-refractivity contribution in [1.82, 2.24) is 4.98 Å². The van der Waals surface area contributed by atoms with E-state index < -0.39 is 5.60 Å². The summed E-state index contributed by atoms with van der Waals surface area (Å²) in [5.41, 5.74) is -1.02. The Balaban J connectivity index is 2.88. The van der Waals surface area contributed by atoms with Gasteiger partial charge in [-0.25, -0.2) is 4.98 Å². The number of nitriles is 1. The van der Waals surface area contributed by atoms with Gasteiger partial charge in [0.05, 0.1) is 11.7 Å². The average Bonchev–Trinajstić information content (AvgIpc) is 2.17. The highest BCUT2D eigenvalue weighted by atomic mass is 32.2. The molecule has 0 spiro atoms. The molecular formula is C11H12N2OS. The molecule has 1 N–H and O–H groups in total. The largest absolute Gasteiger partial charge is 0.385 e. The molecule has 0 aliphatic rings. The number of hydrogen-bond acceptors (Lipinski definition) is 4. The standard InChI is InChI=1S/C11H12N2OS/c1-11(2,14)9(6-7-12)15-10-5-3-4-8-13-10/h3-6,8,14H,1-2H3/b9-6-. The number of rotatable bonds is 3. The number of allylic oxidation sites excluding steroid dienone is 1. The molecule has 15 heavy (non-hydrogen) atoms. The molecule has 1 aromatic rings. The predicted molar refractivity (Wildman–Crippen MR) is 60.1 cm³/mol. The van der Waals surface area contributed by atoms with Gasteiger partial charge in [0.2, 0.25) is 0 Å². The van der Waals surface area contributed by atoms with Crippen molar-refractivity contribution in [3.05, 3.63) is 35.4 Å². The first-order chi connectivity index (χ1) is 7.04. The van der Waals surface area contributed by atoms with Crippen molar-refractivity contribution in [2.75, 3.05) is 0 Å². The molecule has 78 valence electrons. The van der Waals surface area contributed by atoms with E-state index in [0.29, 0.717) is 4.91 Å². The van der Waals surface area contributed by atoms with Crippen LogP contribution in [-0.4, -0.2) is 15.7 Å². The molecule has 0 saturated carbocycles. The number of pyridine rings is 1. The number of aliphatic hydroxyl groups is 1. The number of hydrogen-bond donors (Lipinski definition) is 1. The summed E-state index contributed by atoms with van der Waals surface area (Å²) < 4.78 is 0. The van der Waals surface area contributed by atoms with Gasteiger partial charge in [-0.05, 0) is 26.0 Å². The third-order valence-corrected chi connectivity index (χ3v) is 2.94. The molecule has 0 fully saturated rings. The first kappa shape index (κ1) is 11.8. The third-order valence-electron chi connectivity index (χ3n) is 1.65. The van der Waals surface area contributed by atoms with Gasteiger partial charge in [0.1, 0.15) is 5.03 Å². The molecule has 0 amide bonds. The molecule has 0 saturated heterocycles. The molecule has 0 aliphatic heterocycles. The Kier molecular flexibility index (Phi) is 3.89. The minimum absolute atomic E-state index is 0.587. The Bertz CT molecular complexity index is 387. The molecule has 1 rings (SSSR count). The highest BCUT2D eigenvalue weighted by Gasteiger charge is 2.20. The Morgan fingerprint density at radius 2 is 2.33 bits per heavy atom. The zero-order valence-electron chi connectivity index (χ0n) is 8.64. The number of thioether (sulfide) groups is 1. The average molecular weight is 220 g/mol. The van der Waals surface area contributed by atoms with E-state index in [-0.39, 0.29) is 0 Å². The van der Waals surface area contributed by atoms with E-state index in [0.717, 1.165) is 5.03 Å². The quantitative estimate of drug-likeness (QED) is 0.627. The number of nitrogens with zero attached hydrogens (tertiary/aromatic N) is 2. The zero-order chi connectivity index (χ0) is 11.3. The van der Waals surface area contributed by atoms with E-state index in [4.69, 9.17) is 5.26 Å². The Morgan fingerprint density at radius 3 is 2.80 bits per heavy atom. The Morgan fingerprint density at radius 1 is 1.60 bits per heavy atom. The van der Waals surface area contributed by atoms with Crippen LogP contribution in [0.5, 0.6) is 0 Å². The molecule has 0 radical (unpaired) electrons. The second kappa shape index (κ2) is 4.96. The van der Waals surface area contributed by atoms with E-state index in [2.05, 4.69) is 4.98 Å². The summed E-state index contributed by atoms with van der Waals surface area (Å²) in [5.74, 6) is 0. The topological polar surface area (TPSA) is 56.9 Å². The maximum absolute atomic E-state index is 9.80. The molecule has 1 aromatic heterocycles. The fourth-order valence-electron chi connectivity index (χ4n) is 0.910. The molecule has 0 atom stereocenters. The fourth-order valence-corrected chi connectivity index (χ4v) is 1.76. The highest BCUT2D eigenvalue weighted by Crippen LogP contribution is 2.32. The summed E-state index contributed by atoms with van der Waals surface area (Å²) >= 11 is 1.30. The van der Waals surface area contributed by atoms with E-state index >= 15 is 0 Å². The minimum Gasteiger partial charge on any atom is -0.385 e. The van der Waals surface area contributed by atoms with Gasteiger partial charge in [0.25, 0.3) is 0 Å². The molecular weight excluding hydrogens is 208 g/mol. The lowest BCUT2D eigenvalue weighted by Crippen LogP contribution is -2.20. The van der Waals surface area contributed by atoms with E-state index in [1.54, 1.807) is 20.0 Å². The van der Waals surface area contributed by atoms with Gasteiger partial charge in [-0.15, -0.1) is 0 Å². The summed E-state index contributed by atoms with van der Waals surface area (Å²) in [7, 11) is 0. The van der Waals surface area contributed by atoms with Crippen LogP contribution in [0.25, 0.3) is 0 Å². The summed E-state index contributed by atoms with van der Waals surface area (Å²) in [5, 5.41) is 19.2. The second-order valence-corrected chi connectivity index (χ2v) is 4.53.